The number of thiophene rings is 1. The van der Waals surface area contributed by atoms with Gasteiger partial charge in [0.25, 0.3) is 11.5 Å². The van der Waals surface area contributed by atoms with E-state index < -0.39 is 5.91 Å². The first kappa shape index (κ1) is 17.5. The molecule has 2 aromatic heterocycles. The Morgan fingerprint density at radius 2 is 1.75 bits per heavy atom. The molecule has 6 nitrogen and oxygen atoms in total. The maximum absolute atomic E-state index is 12.6. The molecule has 1 amide bonds. The minimum Gasteiger partial charge on any atom is -0.365 e. The average molecular weight is 386 g/mol. The van der Waals surface area contributed by atoms with Gasteiger partial charge in [-0.2, -0.15) is 5.26 Å². The van der Waals surface area contributed by atoms with Gasteiger partial charge in [0.05, 0.1) is 22.6 Å². The van der Waals surface area contributed by atoms with Crippen LogP contribution in [0.3, 0.4) is 0 Å². The van der Waals surface area contributed by atoms with E-state index in [4.69, 9.17) is 5.73 Å². The summed E-state index contributed by atoms with van der Waals surface area (Å²) >= 11 is 1.14. The van der Waals surface area contributed by atoms with Crippen LogP contribution in [0.1, 0.15) is 15.2 Å². The number of nitrogens with zero attached hydrogens (tertiary/aromatic N) is 2. The molecular weight excluding hydrogens is 372 g/mol. The molecule has 0 spiro atoms. The number of benzene rings is 2. The number of hydrogen-bond donors (Lipinski definition) is 2. The molecule has 0 radical (unpaired) electrons. The maximum atomic E-state index is 12.6. The third-order valence-electron chi connectivity index (χ3n) is 4.29. The number of carbonyl (C=O) groups excluding carboxylic acids is 1. The van der Waals surface area contributed by atoms with Gasteiger partial charge in [-0.1, -0.05) is 30.3 Å². The van der Waals surface area contributed by atoms with Crippen molar-refractivity contribution in [2.75, 3.05) is 5.32 Å². The fourth-order valence-electron chi connectivity index (χ4n) is 3.03. The maximum Gasteiger partial charge on any atom is 0.261 e. The van der Waals surface area contributed by atoms with Gasteiger partial charge in [-0.25, -0.2) is 0 Å². The summed E-state index contributed by atoms with van der Waals surface area (Å²) in [5, 5.41) is 13.2. The Balaban J connectivity index is 1.99. The molecule has 0 saturated carbocycles. The molecule has 136 valence electrons. The van der Waals surface area contributed by atoms with Gasteiger partial charge in [0.15, 0.2) is 0 Å². The number of primary amides is 1. The summed E-state index contributed by atoms with van der Waals surface area (Å²) in [5.74, 6) is -0.606. The Bertz CT molecular complexity index is 1300. The second kappa shape index (κ2) is 7.02. The molecule has 4 aromatic rings. The summed E-state index contributed by atoms with van der Waals surface area (Å²) in [6.07, 6.45) is 0. The van der Waals surface area contributed by atoms with Crippen molar-refractivity contribution >= 4 is 38.8 Å². The zero-order valence-corrected chi connectivity index (χ0v) is 15.4. The van der Waals surface area contributed by atoms with E-state index in [-0.39, 0.29) is 10.4 Å². The standard InChI is InChI=1S/C21H14N4O2S/c22-12-13-6-4-5-9-16(13)24-18-15-10-11-17(26)25(14-7-2-1-3-8-14)21(15)28-19(18)20(23)27/h1-11,24H,(H2,23,27). The van der Waals surface area contributed by atoms with Gasteiger partial charge < -0.3 is 11.1 Å². The third-order valence-corrected chi connectivity index (χ3v) is 5.49. The van der Waals surface area contributed by atoms with Crippen LogP contribution in [0.4, 0.5) is 11.4 Å². The minimum atomic E-state index is -0.606. The molecule has 0 aliphatic carbocycles. The minimum absolute atomic E-state index is 0.208. The predicted molar refractivity (Wildman–Crippen MR) is 110 cm³/mol. The first-order chi connectivity index (χ1) is 13.6. The van der Waals surface area contributed by atoms with E-state index in [1.54, 1.807) is 34.9 Å². The van der Waals surface area contributed by atoms with Gasteiger partial charge in [0.2, 0.25) is 0 Å². The lowest BCUT2D eigenvalue weighted by Crippen LogP contribution is -2.16. The highest BCUT2D eigenvalue weighted by Gasteiger charge is 2.20. The van der Waals surface area contributed by atoms with Gasteiger partial charge in [-0.05, 0) is 30.3 Å². The topological polar surface area (TPSA) is 101 Å². The van der Waals surface area contributed by atoms with Crippen LogP contribution in [-0.4, -0.2) is 10.5 Å². The number of amides is 1. The summed E-state index contributed by atoms with van der Waals surface area (Å²) in [6.45, 7) is 0. The number of nitriles is 1. The van der Waals surface area contributed by atoms with Crippen LogP contribution in [0.25, 0.3) is 15.9 Å². The molecular formula is C21H14N4O2S. The number of rotatable bonds is 4. The van der Waals surface area contributed by atoms with Crippen LogP contribution in [0.5, 0.6) is 0 Å². The molecule has 0 aliphatic rings. The van der Waals surface area contributed by atoms with Gasteiger partial charge in [-0.15, -0.1) is 11.3 Å². The predicted octanol–water partition coefficient (Wildman–Crippen LogP) is 3.77. The Labute approximate surface area is 164 Å². The first-order valence-electron chi connectivity index (χ1n) is 8.40. The highest BCUT2D eigenvalue weighted by molar-refractivity contribution is 7.21. The smallest absolute Gasteiger partial charge is 0.261 e. The van der Waals surface area contributed by atoms with Crippen molar-refractivity contribution in [1.82, 2.24) is 4.57 Å². The summed E-state index contributed by atoms with van der Waals surface area (Å²) in [7, 11) is 0. The lowest BCUT2D eigenvalue weighted by Gasteiger charge is -2.10. The molecule has 0 aliphatic heterocycles. The van der Waals surface area contributed by atoms with Crippen LogP contribution in [0.2, 0.25) is 0 Å². The molecule has 3 N–H and O–H groups in total. The van der Waals surface area contributed by atoms with Crippen molar-refractivity contribution in [2.45, 2.75) is 0 Å². The number of aromatic nitrogens is 1. The quantitative estimate of drug-likeness (QED) is 0.557. The first-order valence-corrected chi connectivity index (χ1v) is 9.21. The Hall–Kier alpha value is -3.89. The van der Waals surface area contributed by atoms with Crippen molar-refractivity contribution in [2.24, 2.45) is 5.73 Å². The molecule has 0 fully saturated rings. The van der Waals surface area contributed by atoms with Crippen molar-refractivity contribution in [1.29, 1.82) is 5.26 Å². The van der Waals surface area contributed by atoms with Crippen LogP contribution in [-0.2, 0) is 0 Å². The van der Waals surface area contributed by atoms with Gasteiger partial charge in [-0.3, -0.25) is 14.2 Å². The molecule has 7 heteroatoms. The molecule has 28 heavy (non-hydrogen) atoms. The third kappa shape index (κ3) is 2.92. The number of fused-ring (bicyclic) bond motifs is 1. The molecule has 0 atom stereocenters. The molecule has 2 aromatic carbocycles. The zero-order valence-electron chi connectivity index (χ0n) is 14.5. The Kier molecular flexibility index (Phi) is 4.39. The van der Waals surface area contributed by atoms with Gasteiger partial charge in [0.1, 0.15) is 15.8 Å². The number of hydrogen-bond acceptors (Lipinski definition) is 5. The normalized spacial score (nSPS) is 10.5. The number of pyridine rings is 1. The van der Waals surface area contributed by atoms with E-state index in [0.29, 0.717) is 32.8 Å². The fourth-order valence-corrected chi connectivity index (χ4v) is 4.15. The summed E-state index contributed by atoms with van der Waals surface area (Å²) < 4.78 is 1.55. The van der Waals surface area contributed by atoms with Crippen LogP contribution < -0.4 is 16.6 Å². The fraction of sp³-hybridized carbons (Fsp3) is 0. The second-order valence-corrected chi connectivity index (χ2v) is 7.01. The largest absolute Gasteiger partial charge is 0.365 e. The van der Waals surface area contributed by atoms with Gasteiger partial charge >= 0.3 is 0 Å². The number of nitrogens with two attached hydrogens (primary N) is 1. The van der Waals surface area contributed by atoms with Crippen molar-refractivity contribution in [3.63, 3.8) is 0 Å². The van der Waals surface area contributed by atoms with Gasteiger partial charge in [0, 0.05) is 11.5 Å². The molecule has 4 rings (SSSR count). The highest BCUT2D eigenvalue weighted by atomic mass is 32.1. The number of anilines is 2. The summed E-state index contributed by atoms with van der Waals surface area (Å²) in [6, 6.07) is 21.4. The van der Waals surface area contributed by atoms with Crippen molar-refractivity contribution in [3.8, 4) is 11.8 Å². The average Bonchev–Trinajstić information content (AvgIpc) is 3.07. The summed E-state index contributed by atoms with van der Waals surface area (Å²) in [4.78, 5) is 25.6. The van der Waals surface area contributed by atoms with Crippen molar-refractivity contribution < 1.29 is 4.79 Å². The Morgan fingerprint density at radius 1 is 1.04 bits per heavy atom. The van der Waals surface area contributed by atoms with E-state index in [1.165, 1.54) is 6.07 Å². The van der Waals surface area contributed by atoms with Crippen LogP contribution in [0.15, 0.2) is 71.5 Å². The SMILES string of the molecule is N#Cc1ccccc1Nc1c(C(N)=O)sc2c1ccc(=O)n2-c1ccccc1. The van der Waals surface area contributed by atoms with E-state index in [2.05, 4.69) is 11.4 Å². The van der Waals surface area contributed by atoms with E-state index >= 15 is 0 Å². The molecule has 0 saturated heterocycles. The number of carbonyl (C=O) groups is 1. The van der Waals surface area contributed by atoms with Crippen LogP contribution in [0, 0.1) is 11.3 Å². The summed E-state index contributed by atoms with van der Waals surface area (Å²) in [5.41, 5.74) is 7.58. The van der Waals surface area contributed by atoms with E-state index in [1.807, 2.05) is 30.3 Å². The number of nitrogens with one attached hydrogen (secondary N) is 1. The van der Waals surface area contributed by atoms with E-state index in [0.717, 1.165) is 11.3 Å². The van der Waals surface area contributed by atoms with Crippen molar-refractivity contribution in [3.05, 3.63) is 87.5 Å². The highest BCUT2D eigenvalue weighted by Crippen LogP contribution is 2.38. The molecule has 0 unspecified atom stereocenters. The number of para-hydroxylation sites is 2. The lowest BCUT2D eigenvalue weighted by molar-refractivity contribution is 0.100. The zero-order chi connectivity index (χ0) is 19.7. The van der Waals surface area contributed by atoms with E-state index in [9.17, 15) is 14.9 Å². The second-order valence-electron chi connectivity index (χ2n) is 6.01. The van der Waals surface area contributed by atoms with Crippen LogP contribution >= 0.6 is 11.3 Å². The Morgan fingerprint density at radius 3 is 2.46 bits per heavy atom. The molecule has 2 heterocycles. The monoisotopic (exact) mass is 386 g/mol. The lowest BCUT2D eigenvalue weighted by atomic mass is 10.1. The molecule has 0 bridgehead atoms.